The molecule has 2 fully saturated rings. The molecule has 7 nitrogen and oxygen atoms in total. The van der Waals surface area contributed by atoms with E-state index < -0.39 is 23.9 Å². The van der Waals surface area contributed by atoms with Gasteiger partial charge >= 0.3 is 13.2 Å². The van der Waals surface area contributed by atoms with Gasteiger partial charge in [0.1, 0.15) is 11.4 Å². The maximum Gasteiger partial charge on any atom is 0.495 e. The average Bonchev–Trinajstić information content (AvgIpc) is 3.38. The fourth-order valence-corrected chi connectivity index (χ4v) is 4.15. The van der Waals surface area contributed by atoms with E-state index >= 15 is 0 Å². The van der Waals surface area contributed by atoms with E-state index in [4.69, 9.17) is 14.0 Å². The summed E-state index contributed by atoms with van der Waals surface area (Å²) in [5.41, 5.74) is 1.45. The highest BCUT2D eigenvalue weighted by Gasteiger charge is 2.52. The minimum atomic E-state index is -0.527. The van der Waals surface area contributed by atoms with E-state index in [2.05, 4.69) is 37.7 Å². The molecule has 2 aromatic rings. The van der Waals surface area contributed by atoms with Crippen molar-refractivity contribution in [3.63, 3.8) is 0 Å². The number of rotatable bonds is 3. The summed E-state index contributed by atoms with van der Waals surface area (Å²) in [6.45, 7) is 14.5. The third kappa shape index (κ3) is 4.30. The van der Waals surface area contributed by atoms with Crippen LogP contribution in [0.2, 0.25) is 0 Å². The van der Waals surface area contributed by atoms with E-state index in [1.165, 1.54) is 0 Å². The quantitative estimate of drug-likeness (QED) is 0.716. The minimum absolute atomic E-state index is 0.123. The number of hydrogen-bond donors (Lipinski definition) is 1. The van der Waals surface area contributed by atoms with Crippen molar-refractivity contribution in [3.05, 3.63) is 36.3 Å². The zero-order valence-corrected chi connectivity index (χ0v) is 20.2. The number of benzene rings is 1. The number of imidazole rings is 1. The van der Waals surface area contributed by atoms with Crippen molar-refractivity contribution in [3.8, 4) is 11.3 Å². The van der Waals surface area contributed by atoms with E-state index in [1.807, 2.05) is 51.2 Å². The summed E-state index contributed by atoms with van der Waals surface area (Å²) >= 11 is 0. The lowest BCUT2D eigenvalue weighted by Gasteiger charge is -2.32. The first kappa shape index (κ1) is 22.9. The van der Waals surface area contributed by atoms with Crippen LogP contribution in [0.3, 0.4) is 0 Å². The first-order chi connectivity index (χ1) is 14.9. The molecule has 1 aromatic heterocycles. The lowest BCUT2D eigenvalue weighted by atomic mass is 9.75. The average molecular weight is 439 g/mol. The summed E-state index contributed by atoms with van der Waals surface area (Å²) in [7, 11) is -0.465. The number of likely N-dealkylation sites (tertiary alicyclic amines) is 1. The number of carbonyl (C=O) groups is 1. The predicted octanol–water partition coefficient (Wildman–Crippen LogP) is 4.45. The number of carbonyl (C=O) groups excluding carboxylic acids is 1. The second-order valence-electron chi connectivity index (χ2n) is 10.7. The molecule has 1 atom stereocenters. The molecule has 0 saturated carbocycles. The van der Waals surface area contributed by atoms with Gasteiger partial charge in [0.2, 0.25) is 0 Å². The van der Waals surface area contributed by atoms with Crippen molar-refractivity contribution >= 4 is 18.7 Å². The van der Waals surface area contributed by atoms with Gasteiger partial charge in [0.05, 0.1) is 29.1 Å². The van der Waals surface area contributed by atoms with E-state index in [0.29, 0.717) is 6.54 Å². The SMILES string of the molecule is CC(C)(C)OC(=O)N1CCCC1c1ncc(-c2ccccc2B2OC(C)(C)C(C)(C)O2)[nH]1. The normalized spacial score (nSPS) is 22.4. The molecule has 0 radical (unpaired) electrons. The van der Waals surface area contributed by atoms with Gasteiger partial charge in [-0.15, -0.1) is 0 Å². The van der Waals surface area contributed by atoms with Crippen LogP contribution >= 0.6 is 0 Å². The van der Waals surface area contributed by atoms with Crippen molar-refractivity contribution in [2.75, 3.05) is 6.54 Å². The van der Waals surface area contributed by atoms with Crippen LogP contribution in [0.25, 0.3) is 11.3 Å². The Morgan fingerprint density at radius 1 is 1.19 bits per heavy atom. The molecule has 8 heteroatoms. The summed E-state index contributed by atoms with van der Waals surface area (Å²) in [6, 6.07) is 7.93. The highest BCUT2D eigenvalue weighted by atomic mass is 16.7. The lowest BCUT2D eigenvalue weighted by Crippen LogP contribution is -2.41. The molecule has 172 valence electrons. The van der Waals surface area contributed by atoms with Crippen molar-refractivity contribution in [2.45, 2.75) is 84.2 Å². The lowest BCUT2D eigenvalue weighted by molar-refractivity contribution is 0.00578. The predicted molar refractivity (Wildman–Crippen MR) is 125 cm³/mol. The van der Waals surface area contributed by atoms with Crippen LogP contribution in [-0.2, 0) is 14.0 Å². The third-order valence-electron chi connectivity index (χ3n) is 6.55. The summed E-state index contributed by atoms with van der Waals surface area (Å²) in [6.07, 6.45) is 3.30. The molecule has 0 aliphatic carbocycles. The largest absolute Gasteiger partial charge is 0.495 e. The zero-order valence-electron chi connectivity index (χ0n) is 20.2. The van der Waals surface area contributed by atoms with Crippen LogP contribution in [-0.4, -0.2) is 51.4 Å². The molecule has 4 rings (SSSR count). The third-order valence-corrected chi connectivity index (χ3v) is 6.55. The van der Waals surface area contributed by atoms with Crippen molar-refractivity contribution in [1.82, 2.24) is 14.9 Å². The van der Waals surface area contributed by atoms with Crippen LogP contribution in [0.4, 0.5) is 4.79 Å². The maximum atomic E-state index is 12.7. The maximum absolute atomic E-state index is 12.7. The van der Waals surface area contributed by atoms with Crippen LogP contribution in [0.1, 0.15) is 73.2 Å². The molecule has 1 N–H and O–H groups in total. The van der Waals surface area contributed by atoms with Gasteiger partial charge < -0.3 is 19.0 Å². The molecule has 1 unspecified atom stereocenters. The Morgan fingerprint density at radius 2 is 1.84 bits per heavy atom. The number of hydrogen-bond acceptors (Lipinski definition) is 5. The number of aromatic amines is 1. The Labute approximate surface area is 191 Å². The van der Waals surface area contributed by atoms with Gasteiger partial charge in [-0.2, -0.15) is 0 Å². The summed E-state index contributed by atoms with van der Waals surface area (Å²) in [5.74, 6) is 0.770. The molecule has 2 aliphatic rings. The highest BCUT2D eigenvalue weighted by molar-refractivity contribution is 6.63. The van der Waals surface area contributed by atoms with Gasteiger partial charge in [-0.1, -0.05) is 24.3 Å². The fraction of sp³-hybridized carbons (Fsp3) is 0.583. The Hall–Kier alpha value is -2.32. The van der Waals surface area contributed by atoms with E-state index in [-0.39, 0.29) is 12.1 Å². The van der Waals surface area contributed by atoms with Gasteiger partial charge in [0.25, 0.3) is 0 Å². The van der Waals surface area contributed by atoms with Crippen molar-refractivity contribution < 1.29 is 18.8 Å². The smallest absolute Gasteiger partial charge is 0.444 e. The van der Waals surface area contributed by atoms with E-state index in [0.717, 1.165) is 35.4 Å². The van der Waals surface area contributed by atoms with Crippen molar-refractivity contribution in [2.24, 2.45) is 0 Å². The molecule has 1 amide bonds. The Balaban J connectivity index is 1.59. The molecular formula is C24H34BN3O4. The second kappa shape index (κ2) is 7.92. The number of aromatic nitrogens is 2. The summed E-state index contributed by atoms with van der Waals surface area (Å²) in [5, 5.41) is 0. The Morgan fingerprint density at radius 3 is 2.50 bits per heavy atom. The van der Waals surface area contributed by atoms with Crippen molar-refractivity contribution in [1.29, 1.82) is 0 Å². The molecule has 1 aromatic carbocycles. The highest BCUT2D eigenvalue weighted by Crippen LogP contribution is 2.37. The Bertz CT molecular complexity index is 979. The van der Waals surface area contributed by atoms with Crippen LogP contribution < -0.4 is 5.46 Å². The van der Waals surface area contributed by atoms with Gasteiger partial charge in [0.15, 0.2) is 0 Å². The van der Waals surface area contributed by atoms with E-state index in [9.17, 15) is 4.79 Å². The molecule has 32 heavy (non-hydrogen) atoms. The van der Waals surface area contributed by atoms with Gasteiger partial charge in [-0.25, -0.2) is 9.78 Å². The topological polar surface area (TPSA) is 76.7 Å². The first-order valence-electron chi connectivity index (χ1n) is 11.4. The number of amides is 1. The van der Waals surface area contributed by atoms with Gasteiger partial charge in [-0.3, -0.25) is 4.90 Å². The monoisotopic (exact) mass is 439 g/mol. The molecule has 0 bridgehead atoms. The van der Waals surface area contributed by atoms with Crippen LogP contribution in [0.15, 0.2) is 30.5 Å². The fourth-order valence-electron chi connectivity index (χ4n) is 4.15. The van der Waals surface area contributed by atoms with Gasteiger partial charge in [-0.05, 0) is 72.3 Å². The molecular weight excluding hydrogens is 405 g/mol. The zero-order chi connectivity index (χ0) is 23.3. The number of nitrogens with zero attached hydrogens (tertiary/aromatic N) is 2. The number of H-pyrrole nitrogens is 1. The van der Waals surface area contributed by atoms with Gasteiger partial charge in [0, 0.05) is 6.54 Å². The standard InChI is InChI=1S/C24H34BN3O4/c1-22(2,3)30-21(29)28-14-10-13-19(28)20-26-15-18(27-20)16-11-8-9-12-17(16)25-31-23(4,5)24(6,7)32-25/h8-9,11-12,15,19H,10,13-14H2,1-7H3,(H,26,27). The van der Waals surface area contributed by atoms with Crippen LogP contribution in [0, 0.1) is 0 Å². The number of nitrogens with one attached hydrogen (secondary N) is 1. The van der Waals surface area contributed by atoms with Crippen LogP contribution in [0.5, 0.6) is 0 Å². The minimum Gasteiger partial charge on any atom is -0.444 e. The first-order valence-corrected chi connectivity index (χ1v) is 11.4. The second-order valence-corrected chi connectivity index (χ2v) is 10.7. The molecule has 3 heterocycles. The number of ether oxygens (including phenoxy) is 1. The molecule has 0 spiro atoms. The Kier molecular flexibility index (Phi) is 5.66. The summed E-state index contributed by atoms with van der Waals surface area (Å²) in [4.78, 5) is 22.6. The molecule has 2 aliphatic heterocycles. The summed E-state index contributed by atoms with van der Waals surface area (Å²) < 4.78 is 18.2. The molecule has 2 saturated heterocycles. The van der Waals surface area contributed by atoms with E-state index in [1.54, 1.807) is 4.90 Å².